The highest BCUT2D eigenvalue weighted by Crippen LogP contribution is 2.27. The molecule has 1 heterocycles. The van der Waals surface area contributed by atoms with Crippen LogP contribution in [0.3, 0.4) is 0 Å². The molecule has 1 aromatic rings. The van der Waals surface area contributed by atoms with Crippen molar-refractivity contribution in [2.24, 2.45) is 0 Å². The summed E-state index contributed by atoms with van der Waals surface area (Å²) in [5.74, 6) is 0.901. The van der Waals surface area contributed by atoms with E-state index in [0.717, 1.165) is 30.8 Å². The predicted molar refractivity (Wildman–Crippen MR) is 53.2 cm³/mol. The molecule has 1 aliphatic heterocycles. The molecule has 2 rings (SSSR count). The van der Waals surface area contributed by atoms with Gasteiger partial charge in [0.05, 0.1) is 7.11 Å². The van der Waals surface area contributed by atoms with Crippen LogP contribution in [0.15, 0.2) is 18.2 Å². The zero-order chi connectivity index (χ0) is 9.97. The lowest BCUT2D eigenvalue weighted by Gasteiger charge is -2.11. The molecule has 3 heteroatoms. The Hall–Kier alpha value is -1.09. The SMILES string of the molecule is COc1ccc(F)c([C@@H]2CCNC2)c1. The number of halogens is 1. The largest absolute Gasteiger partial charge is 0.497 e. The lowest BCUT2D eigenvalue weighted by molar-refractivity contribution is 0.412. The number of hydrogen-bond donors (Lipinski definition) is 1. The number of hydrogen-bond acceptors (Lipinski definition) is 2. The van der Waals surface area contributed by atoms with Crippen LogP contribution in [0.4, 0.5) is 4.39 Å². The third-order valence-corrected chi connectivity index (χ3v) is 2.70. The lowest BCUT2D eigenvalue weighted by atomic mass is 9.98. The van der Waals surface area contributed by atoms with Gasteiger partial charge in [0.2, 0.25) is 0 Å². The Labute approximate surface area is 83.1 Å². The third-order valence-electron chi connectivity index (χ3n) is 2.70. The van der Waals surface area contributed by atoms with Crippen molar-refractivity contribution in [3.63, 3.8) is 0 Å². The van der Waals surface area contributed by atoms with Crippen LogP contribution in [-0.2, 0) is 0 Å². The van der Waals surface area contributed by atoms with Gasteiger partial charge in [-0.1, -0.05) is 0 Å². The molecule has 0 aliphatic carbocycles. The first kappa shape index (κ1) is 9.46. The molecule has 0 amide bonds. The van der Waals surface area contributed by atoms with Crippen molar-refractivity contribution in [1.29, 1.82) is 0 Å². The van der Waals surface area contributed by atoms with Crippen molar-refractivity contribution in [2.45, 2.75) is 12.3 Å². The average Bonchev–Trinajstić information content (AvgIpc) is 2.71. The summed E-state index contributed by atoms with van der Waals surface area (Å²) < 4.78 is 18.6. The topological polar surface area (TPSA) is 21.3 Å². The van der Waals surface area contributed by atoms with E-state index >= 15 is 0 Å². The molecule has 1 aliphatic rings. The second kappa shape index (κ2) is 3.96. The molecule has 14 heavy (non-hydrogen) atoms. The van der Waals surface area contributed by atoms with Crippen LogP contribution in [0, 0.1) is 5.82 Å². The molecule has 2 nitrogen and oxygen atoms in total. The fourth-order valence-corrected chi connectivity index (χ4v) is 1.88. The Morgan fingerprint density at radius 3 is 3.00 bits per heavy atom. The van der Waals surface area contributed by atoms with Crippen molar-refractivity contribution in [3.05, 3.63) is 29.6 Å². The normalized spacial score (nSPS) is 21.1. The van der Waals surface area contributed by atoms with Crippen molar-refractivity contribution in [3.8, 4) is 5.75 Å². The molecule has 1 aromatic carbocycles. The lowest BCUT2D eigenvalue weighted by Crippen LogP contribution is -2.09. The summed E-state index contributed by atoms with van der Waals surface area (Å²) in [6.45, 7) is 1.84. The van der Waals surface area contributed by atoms with Crippen LogP contribution in [0.1, 0.15) is 17.9 Å². The molecule has 0 aromatic heterocycles. The van der Waals surface area contributed by atoms with E-state index in [9.17, 15) is 4.39 Å². The highest BCUT2D eigenvalue weighted by atomic mass is 19.1. The minimum absolute atomic E-state index is 0.125. The predicted octanol–water partition coefficient (Wildman–Crippen LogP) is 1.91. The maximum atomic E-state index is 13.5. The number of benzene rings is 1. The smallest absolute Gasteiger partial charge is 0.126 e. The standard InChI is InChI=1S/C11H14FNO/c1-14-9-2-3-11(12)10(6-9)8-4-5-13-7-8/h2-3,6,8,13H,4-5,7H2,1H3/t8-/m1/s1. The number of nitrogens with one attached hydrogen (secondary N) is 1. The summed E-state index contributed by atoms with van der Waals surface area (Å²) in [6.07, 6.45) is 1.00. The molecule has 1 saturated heterocycles. The summed E-state index contributed by atoms with van der Waals surface area (Å²) >= 11 is 0. The molecule has 0 bridgehead atoms. The molecular formula is C11H14FNO. The molecule has 1 N–H and O–H groups in total. The zero-order valence-electron chi connectivity index (χ0n) is 8.22. The fraction of sp³-hybridized carbons (Fsp3) is 0.455. The maximum absolute atomic E-state index is 13.5. The molecule has 0 unspecified atom stereocenters. The molecule has 1 atom stereocenters. The minimum atomic E-state index is -0.125. The van der Waals surface area contributed by atoms with Gasteiger partial charge in [0, 0.05) is 12.5 Å². The molecule has 1 fully saturated rings. The van der Waals surface area contributed by atoms with Crippen molar-refractivity contribution >= 4 is 0 Å². The highest BCUT2D eigenvalue weighted by Gasteiger charge is 2.20. The summed E-state index contributed by atoms with van der Waals surface area (Å²) in [5.41, 5.74) is 0.773. The summed E-state index contributed by atoms with van der Waals surface area (Å²) in [7, 11) is 1.60. The minimum Gasteiger partial charge on any atom is -0.497 e. The second-order valence-corrected chi connectivity index (χ2v) is 3.58. The van der Waals surface area contributed by atoms with Crippen molar-refractivity contribution < 1.29 is 9.13 Å². The highest BCUT2D eigenvalue weighted by molar-refractivity contribution is 5.32. The summed E-state index contributed by atoms with van der Waals surface area (Å²) in [4.78, 5) is 0. The van der Waals surface area contributed by atoms with Crippen LogP contribution in [-0.4, -0.2) is 20.2 Å². The summed E-state index contributed by atoms with van der Waals surface area (Å²) in [6, 6.07) is 4.93. The van der Waals surface area contributed by atoms with Gasteiger partial charge < -0.3 is 10.1 Å². The van der Waals surface area contributed by atoms with E-state index in [4.69, 9.17) is 4.74 Å². The number of rotatable bonds is 2. The van der Waals surface area contributed by atoms with Crippen LogP contribution in [0.2, 0.25) is 0 Å². The van der Waals surface area contributed by atoms with Gasteiger partial charge in [0.1, 0.15) is 11.6 Å². The van der Waals surface area contributed by atoms with Crippen LogP contribution >= 0.6 is 0 Å². The second-order valence-electron chi connectivity index (χ2n) is 3.58. The van der Waals surface area contributed by atoms with E-state index in [1.807, 2.05) is 0 Å². The van der Waals surface area contributed by atoms with Gasteiger partial charge in [-0.25, -0.2) is 4.39 Å². The van der Waals surface area contributed by atoms with Crippen LogP contribution in [0.25, 0.3) is 0 Å². The Bertz CT molecular complexity index is 321. The van der Waals surface area contributed by atoms with E-state index in [1.54, 1.807) is 19.2 Å². The Kier molecular flexibility index (Phi) is 2.68. The monoisotopic (exact) mass is 195 g/mol. The first-order valence-corrected chi connectivity index (χ1v) is 4.85. The zero-order valence-corrected chi connectivity index (χ0v) is 8.22. The van der Waals surface area contributed by atoms with E-state index in [1.165, 1.54) is 6.07 Å². The van der Waals surface area contributed by atoms with Gasteiger partial charge in [-0.05, 0) is 36.7 Å². The number of ether oxygens (including phenoxy) is 1. The van der Waals surface area contributed by atoms with Crippen LogP contribution < -0.4 is 10.1 Å². The Balaban J connectivity index is 2.29. The third kappa shape index (κ3) is 1.73. The Morgan fingerprint density at radius 1 is 1.50 bits per heavy atom. The molecule has 0 spiro atoms. The van der Waals surface area contributed by atoms with Gasteiger partial charge in [0.15, 0.2) is 0 Å². The van der Waals surface area contributed by atoms with E-state index in [-0.39, 0.29) is 5.82 Å². The van der Waals surface area contributed by atoms with Crippen molar-refractivity contribution in [1.82, 2.24) is 5.32 Å². The van der Waals surface area contributed by atoms with E-state index in [2.05, 4.69) is 5.32 Å². The van der Waals surface area contributed by atoms with Gasteiger partial charge in [-0.3, -0.25) is 0 Å². The van der Waals surface area contributed by atoms with Gasteiger partial charge in [-0.15, -0.1) is 0 Å². The first-order chi connectivity index (χ1) is 6.81. The average molecular weight is 195 g/mol. The maximum Gasteiger partial charge on any atom is 0.126 e. The first-order valence-electron chi connectivity index (χ1n) is 4.85. The van der Waals surface area contributed by atoms with Gasteiger partial charge in [0.25, 0.3) is 0 Å². The molecule has 0 saturated carbocycles. The van der Waals surface area contributed by atoms with E-state index in [0.29, 0.717) is 5.92 Å². The van der Waals surface area contributed by atoms with Gasteiger partial charge in [-0.2, -0.15) is 0 Å². The fourth-order valence-electron chi connectivity index (χ4n) is 1.88. The molecule has 76 valence electrons. The van der Waals surface area contributed by atoms with Gasteiger partial charge >= 0.3 is 0 Å². The van der Waals surface area contributed by atoms with E-state index < -0.39 is 0 Å². The van der Waals surface area contributed by atoms with Crippen molar-refractivity contribution in [2.75, 3.05) is 20.2 Å². The summed E-state index contributed by atoms with van der Waals surface area (Å²) in [5, 5.41) is 3.23. The molecular weight excluding hydrogens is 181 g/mol. The molecule has 0 radical (unpaired) electrons. The Morgan fingerprint density at radius 2 is 2.36 bits per heavy atom. The number of methoxy groups -OCH3 is 1. The van der Waals surface area contributed by atoms with Crippen LogP contribution in [0.5, 0.6) is 5.75 Å². The quantitative estimate of drug-likeness (QED) is 0.778.